The Labute approximate surface area is 141 Å². The minimum Gasteiger partial charge on any atom is -0.487 e. The van der Waals surface area contributed by atoms with Crippen molar-refractivity contribution in [2.45, 2.75) is 13.5 Å². The zero-order valence-corrected chi connectivity index (χ0v) is 13.8. The van der Waals surface area contributed by atoms with Gasteiger partial charge in [-0.3, -0.25) is 0 Å². The molecule has 0 atom stereocenters. The highest BCUT2D eigenvalue weighted by Gasteiger charge is 2.17. The van der Waals surface area contributed by atoms with E-state index in [1.807, 2.05) is 0 Å². The summed E-state index contributed by atoms with van der Waals surface area (Å²) in [7, 11) is 1.28. The summed E-state index contributed by atoms with van der Waals surface area (Å²) in [5.41, 5.74) is 1.79. The Bertz CT molecular complexity index is 763. The van der Waals surface area contributed by atoms with Crippen molar-refractivity contribution in [3.63, 3.8) is 0 Å². The molecule has 0 N–H and O–H groups in total. The van der Waals surface area contributed by atoms with Crippen LogP contribution >= 0.6 is 23.2 Å². The molecular weight excluding hydrogens is 349 g/mol. The molecule has 3 nitrogen and oxygen atoms in total. The monoisotopic (exact) mass is 360 g/mol. The highest BCUT2D eigenvalue weighted by molar-refractivity contribution is 6.35. The van der Waals surface area contributed by atoms with Crippen molar-refractivity contribution in [2.75, 3.05) is 7.11 Å². The maximum Gasteiger partial charge on any atom is 0.337 e. The highest BCUT2D eigenvalue weighted by Crippen LogP contribution is 2.34. The van der Waals surface area contributed by atoms with Gasteiger partial charge in [0, 0.05) is 6.07 Å². The second kappa shape index (κ2) is 7.15. The maximum atomic E-state index is 13.6. The number of hydrogen-bond acceptors (Lipinski definition) is 3. The largest absolute Gasteiger partial charge is 0.487 e. The molecule has 122 valence electrons. The van der Waals surface area contributed by atoms with Crippen LogP contribution in [0.15, 0.2) is 24.3 Å². The van der Waals surface area contributed by atoms with E-state index in [1.54, 1.807) is 25.1 Å². The number of carbonyl (C=O) groups excluding carboxylic acids is 1. The number of aryl methyl sites for hydroxylation is 1. The predicted octanol–water partition coefficient (Wildman–Crippen LogP) is 4.95. The average molecular weight is 361 g/mol. The van der Waals surface area contributed by atoms with E-state index in [0.717, 1.165) is 11.6 Å². The van der Waals surface area contributed by atoms with Gasteiger partial charge in [0.2, 0.25) is 0 Å². The molecular formula is C16H12Cl2F2O3. The molecule has 2 aromatic rings. The first-order valence-corrected chi connectivity index (χ1v) is 7.23. The summed E-state index contributed by atoms with van der Waals surface area (Å²) < 4.78 is 37.1. The molecule has 0 saturated heterocycles. The summed E-state index contributed by atoms with van der Waals surface area (Å²) in [4.78, 5) is 11.6. The van der Waals surface area contributed by atoms with Crippen LogP contribution < -0.4 is 4.74 Å². The Balaban J connectivity index is 2.25. The SMILES string of the molecule is COC(=O)c1cc(C)cc(COc2cc(F)c(Cl)c(F)c2Cl)c1. The Morgan fingerprint density at radius 3 is 2.48 bits per heavy atom. The van der Waals surface area contributed by atoms with Gasteiger partial charge < -0.3 is 9.47 Å². The first-order valence-electron chi connectivity index (χ1n) is 6.48. The third-order valence-corrected chi connectivity index (χ3v) is 3.72. The molecule has 2 aromatic carbocycles. The zero-order valence-electron chi connectivity index (χ0n) is 12.3. The van der Waals surface area contributed by atoms with Gasteiger partial charge >= 0.3 is 5.97 Å². The molecule has 0 aromatic heterocycles. The summed E-state index contributed by atoms with van der Waals surface area (Å²) in [5.74, 6) is -2.71. The maximum absolute atomic E-state index is 13.6. The van der Waals surface area contributed by atoms with Crippen molar-refractivity contribution in [3.05, 3.63) is 62.6 Å². The summed E-state index contributed by atoms with van der Waals surface area (Å²) in [6.45, 7) is 1.76. The van der Waals surface area contributed by atoms with Gasteiger partial charge in [0.1, 0.15) is 28.2 Å². The fourth-order valence-electron chi connectivity index (χ4n) is 2.00. The number of rotatable bonds is 4. The number of carbonyl (C=O) groups is 1. The first kappa shape index (κ1) is 17.5. The topological polar surface area (TPSA) is 35.5 Å². The third-order valence-electron chi connectivity index (χ3n) is 3.02. The molecule has 0 aliphatic heterocycles. The van der Waals surface area contributed by atoms with Gasteiger partial charge in [-0.1, -0.05) is 29.3 Å². The summed E-state index contributed by atoms with van der Waals surface area (Å²) in [5, 5.41) is -1.09. The standard InChI is InChI=1S/C16H12Cl2F2O3/c1-8-3-9(5-10(4-8)16(21)22-2)7-23-12-6-11(19)13(17)15(20)14(12)18/h3-6H,7H2,1-2H3. The van der Waals surface area contributed by atoms with Crippen LogP contribution in [-0.2, 0) is 11.3 Å². The minimum absolute atomic E-state index is 0.0358. The number of esters is 1. The number of benzene rings is 2. The molecule has 0 unspecified atom stereocenters. The van der Waals surface area contributed by atoms with E-state index < -0.39 is 27.6 Å². The van der Waals surface area contributed by atoms with Gasteiger partial charge in [0.05, 0.1) is 12.7 Å². The van der Waals surface area contributed by atoms with Crippen molar-refractivity contribution in [1.29, 1.82) is 0 Å². The van der Waals surface area contributed by atoms with Gasteiger partial charge in [-0.05, 0) is 30.2 Å². The average Bonchev–Trinajstić information content (AvgIpc) is 2.53. The van der Waals surface area contributed by atoms with Crippen molar-refractivity contribution in [2.24, 2.45) is 0 Å². The van der Waals surface area contributed by atoms with E-state index in [4.69, 9.17) is 27.9 Å². The molecule has 0 spiro atoms. The van der Waals surface area contributed by atoms with E-state index in [2.05, 4.69) is 4.74 Å². The van der Waals surface area contributed by atoms with Crippen LogP contribution in [0.2, 0.25) is 10.0 Å². The molecule has 0 aliphatic rings. The van der Waals surface area contributed by atoms with Crippen LogP contribution in [-0.4, -0.2) is 13.1 Å². The summed E-state index contributed by atoms with van der Waals surface area (Å²) in [6.07, 6.45) is 0. The minimum atomic E-state index is -1.08. The fraction of sp³-hybridized carbons (Fsp3) is 0.188. The molecule has 23 heavy (non-hydrogen) atoms. The van der Waals surface area contributed by atoms with Crippen LogP contribution in [0.1, 0.15) is 21.5 Å². The second-order valence-corrected chi connectivity index (χ2v) is 5.54. The lowest BCUT2D eigenvalue weighted by molar-refractivity contribution is 0.0600. The molecule has 0 saturated carbocycles. The molecule has 0 amide bonds. The molecule has 0 aliphatic carbocycles. The van der Waals surface area contributed by atoms with Crippen LogP contribution in [0.5, 0.6) is 5.75 Å². The quantitative estimate of drug-likeness (QED) is 0.439. The van der Waals surface area contributed by atoms with E-state index in [9.17, 15) is 13.6 Å². The number of hydrogen-bond donors (Lipinski definition) is 0. The Morgan fingerprint density at radius 1 is 1.13 bits per heavy atom. The second-order valence-electron chi connectivity index (χ2n) is 4.79. The molecule has 0 fully saturated rings. The van der Waals surface area contributed by atoms with E-state index in [1.165, 1.54) is 7.11 Å². The molecule has 2 rings (SSSR count). The van der Waals surface area contributed by atoms with Crippen molar-refractivity contribution >= 4 is 29.2 Å². The van der Waals surface area contributed by atoms with E-state index >= 15 is 0 Å². The van der Waals surface area contributed by atoms with E-state index in [-0.39, 0.29) is 12.4 Å². The number of halogens is 4. The first-order chi connectivity index (χ1) is 10.8. The predicted molar refractivity (Wildman–Crippen MR) is 83.2 cm³/mol. The molecule has 0 heterocycles. The Hall–Kier alpha value is -1.85. The zero-order chi connectivity index (χ0) is 17.1. The normalized spacial score (nSPS) is 10.5. The lowest BCUT2D eigenvalue weighted by Crippen LogP contribution is -2.04. The van der Waals surface area contributed by atoms with Gasteiger partial charge in [0.15, 0.2) is 5.82 Å². The summed E-state index contributed by atoms with van der Waals surface area (Å²) >= 11 is 11.2. The van der Waals surface area contributed by atoms with Crippen molar-refractivity contribution in [3.8, 4) is 5.75 Å². The van der Waals surface area contributed by atoms with E-state index in [0.29, 0.717) is 11.1 Å². The summed E-state index contributed by atoms with van der Waals surface area (Å²) in [6, 6.07) is 5.90. The fourth-order valence-corrected chi connectivity index (χ4v) is 2.40. The highest BCUT2D eigenvalue weighted by atomic mass is 35.5. The number of methoxy groups -OCH3 is 1. The van der Waals surface area contributed by atoms with Crippen LogP contribution in [0.25, 0.3) is 0 Å². The molecule has 7 heteroatoms. The van der Waals surface area contributed by atoms with Gasteiger partial charge in [0.25, 0.3) is 0 Å². The van der Waals surface area contributed by atoms with Crippen LogP contribution in [0.4, 0.5) is 8.78 Å². The Morgan fingerprint density at radius 2 is 1.83 bits per heavy atom. The van der Waals surface area contributed by atoms with Gasteiger partial charge in [-0.2, -0.15) is 0 Å². The number of ether oxygens (including phenoxy) is 2. The lowest BCUT2D eigenvalue weighted by atomic mass is 10.1. The molecule has 0 bridgehead atoms. The van der Waals surface area contributed by atoms with Gasteiger partial charge in [-0.15, -0.1) is 0 Å². The Kier molecular flexibility index (Phi) is 5.44. The third kappa shape index (κ3) is 3.92. The smallest absolute Gasteiger partial charge is 0.337 e. The van der Waals surface area contributed by atoms with Crippen LogP contribution in [0, 0.1) is 18.6 Å². The molecule has 0 radical (unpaired) electrons. The van der Waals surface area contributed by atoms with Crippen molar-refractivity contribution < 1.29 is 23.0 Å². The van der Waals surface area contributed by atoms with Crippen LogP contribution in [0.3, 0.4) is 0 Å². The van der Waals surface area contributed by atoms with Crippen molar-refractivity contribution in [1.82, 2.24) is 0 Å². The van der Waals surface area contributed by atoms with Gasteiger partial charge in [-0.25, -0.2) is 13.6 Å². The lowest BCUT2D eigenvalue weighted by Gasteiger charge is -2.11.